The Balaban J connectivity index is 2.21. The summed E-state index contributed by atoms with van der Waals surface area (Å²) in [6.07, 6.45) is 2.74. The minimum Gasteiger partial charge on any atom is -0.314 e. The number of carbonyl (C=O) groups is 1. The molecule has 3 aromatic rings. The van der Waals surface area contributed by atoms with Crippen molar-refractivity contribution < 1.29 is 4.79 Å². The first-order chi connectivity index (χ1) is 7.88. The van der Waals surface area contributed by atoms with Crippen molar-refractivity contribution in [1.29, 1.82) is 0 Å². The van der Waals surface area contributed by atoms with E-state index in [1.807, 2.05) is 40.5 Å². The molecule has 78 valence electrons. The molecule has 3 nitrogen and oxygen atoms in total. The molecule has 2 heterocycles. The summed E-state index contributed by atoms with van der Waals surface area (Å²) in [6, 6.07) is 9.63. The SMILES string of the molecule is O=Cc1cccn1-c1ccc2ncsc2c1. The van der Waals surface area contributed by atoms with Crippen LogP contribution in [0, 0.1) is 0 Å². The van der Waals surface area contributed by atoms with Gasteiger partial charge in [-0.05, 0) is 30.3 Å². The number of aromatic nitrogens is 2. The van der Waals surface area contributed by atoms with Gasteiger partial charge in [0, 0.05) is 11.9 Å². The lowest BCUT2D eigenvalue weighted by Crippen LogP contribution is -1.96. The van der Waals surface area contributed by atoms with E-state index in [-0.39, 0.29) is 0 Å². The van der Waals surface area contributed by atoms with E-state index in [0.29, 0.717) is 5.69 Å². The van der Waals surface area contributed by atoms with Gasteiger partial charge in [-0.1, -0.05) is 0 Å². The van der Waals surface area contributed by atoms with Gasteiger partial charge in [0.05, 0.1) is 21.4 Å². The minimum atomic E-state index is 0.656. The van der Waals surface area contributed by atoms with Gasteiger partial charge in [0.1, 0.15) is 0 Å². The summed E-state index contributed by atoms with van der Waals surface area (Å²) in [6.45, 7) is 0. The molecule has 0 aliphatic carbocycles. The number of benzene rings is 1. The van der Waals surface area contributed by atoms with Crippen molar-refractivity contribution in [3.63, 3.8) is 0 Å². The normalized spacial score (nSPS) is 10.8. The van der Waals surface area contributed by atoms with E-state index < -0.39 is 0 Å². The third-order valence-corrected chi connectivity index (χ3v) is 3.29. The van der Waals surface area contributed by atoms with E-state index in [2.05, 4.69) is 4.98 Å². The van der Waals surface area contributed by atoms with Crippen LogP contribution in [0.4, 0.5) is 0 Å². The van der Waals surface area contributed by atoms with Gasteiger partial charge in [-0.2, -0.15) is 0 Å². The molecule has 0 aliphatic rings. The molecule has 0 N–H and O–H groups in total. The van der Waals surface area contributed by atoms with Crippen LogP contribution >= 0.6 is 11.3 Å². The monoisotopic (exact) mass is 228 g/mol. The molecule has 0 saturated heterocycles. The fourth-order valence-corrected chi connectivity index (χ4v) is 2.43. The molecular weight excluding hydrogens is 220 g/mol. The smallest absolute Gasteiger partial charge is 0.166 e. The van der Waals surface area contributed by atoms with Crippen LogP contribution in [0.3, 0.4) is 0 Å². The molecular formula is C12H8N2OS. The van der Waals surface area contributed by atoms with Crippen molar-refractivity contribution in [3.05, 3.63) is 47.7 Å². The predicted octanol–water partition coefficient (Wildman–Crippen LogP) is 2.90. The average Bonchev–Trinajstić information content (AvgIpc) is 2.96. The van der Waals surface area contributed by atoms with Crippen molar-refractivity contribution in [1.82, 2.24) is 9.55 Å². The summed E-state index contributed by atoms with van der Waals surface area (Å²) in [4.78, 5) is 15.1. The molecule has 0 atom stereocenters. The van der Waals surface area contributed by atoms with E-state index in [1.54, 1.807) is 17.4 Å². The second-order valence-corrected chi connectivity index (χ2v) is 4.31. The van der Waals surface area contributed by atoms with Crippen molar-refractivity contribution in [2.45, 2.75) is 0 Å². The summed E-state index contributed by atoms with van der Waals surface area (Å²) < 4.78 is 3.00. The number of hydrogen-bond acceptors (Lipinski definition) is 3. The van der Waals surface area contributed by atoms with Gasteiger partial charge in [-0.15, -0.1) is 11.3 Å². The third-order valence-electron chi connectivity index (χ3n) is 2.49. The summed E-state index contributed by atoms with van der Waals surface area (Å²) >= 11 is 1.60. The van der Waals surface area contributed by atoms with Crippen LogP contribution in [0.15, 0.2) is 42.0 Å². The third kappa shape index (κ3) is 1.35. The number of carbonyl (C=O) groups excluding carboxylic acids is 1. The Hall–Kier alpha value is -1.94. The molecule has 0 unspecified atom stereocenters. The number of thiazole rings is 1. The Morgan fingerprint density at radius 2 is 2.25 bits per heavy atom. The predicted molar refractivity (Wildman–Crippen MR) is 64.3 cm³/mol. The fraction of sp³-hybridized carbons (Fsp3) is 0. The van der Waals surface area contributed by atoms with Gasteiger partial charge in [0.25, 0.3) is 0 Å². The van der Waals surface area contributed by atoms with E-state index in [1.165, 1.54) is 0 Å². The molecule has 0 fully saturated rings. The van der Waals surface area contributed by atoms with E-state index >= 15 is 0 Å². The zero-order valence-corrected chi connectivity index (χ0v) is 9.15. The highest BCUT2D eigenvalue weighted by Gasteiger charge is 2.03. The highest BCUT2D eigenvalue weighted by atomic mass is 32.1. The van der Waals surface area contributed by atoms with Crippen LogP contribution in [-0.4, -0.2) is 15.8 Å². The lowest BCUT2D eigenvalue weighted by Gasteiger charge is -2.04. The van der Waals surface area contributed by atoms with Crippen molar-refractivity contribution >= 4 is 27.8 Å². The number of rotatable bonds is 2. The molecule has 1 aromatic carbocycles. The number of aldehydes is 1. The molecule has 0 aliphatic heterocycles. The maximum Gasteiger partial charge on any atom is 0.166 e. The number of nitrogens with zero attached hydrogens (tertiary/aromatic N) is 2. The van der Waals surface area contributed by atoms with Crippen molar-refractivity contribution in [2.24, 2.45) is 0 Å². The summed E-state index contributed by atoms with van der Waals surface area (Å²) in [5.74, 6) is 0. The molecule has 3 rings (SSSR count). The first kappa shape index (κ1) is 9.30. The quantitative estimate of drug-likeness (QED) is 0.632. The lowest BCUT2D eigenvalue weighted by molar-refractivity contribution is 0.111. The van der Waals surface area contributed by atoms with E-state index in [0.717, 1.165) is 22.2 Å². The Morgan fingerprint density at radius 1 is 1.31 bits per heavy atom. The maximum atomic E-state index is 10.8. The van der Waals surface area contributed by atoms with E-state index in [9.17, 15) is 4.79 Å². The highest BCUT2D eigenvalue weighted by molar-refractivity contribution is 7.16. The van der Waals surface area contributed by atoms with Gasteiger partial charge < -0.3 is 4.57 Å². The van der Waals surface area contributed by atoms with Gasteiger partial charge in [0.2, 0.25) is 0 Å². The van der Waals surface area contributed by atoms with Gasteiger partial charge in [0.15, 0.2) is 6.29 Å². The van der Waals surface area contributed by atoms with Gasteiger partial charge in [-0.3, -0.25) is 4.79 Å². The van der Waals surface area contributed by atoms with Crippen LogP contribution in [0.25, 0.3) is 15.9 Å². The Kier molecular flexibility index (Phi) is 2.08. The van der Waals surface area contributed by atoms with Crippen LogP contribution in [-0.2, 0) is 0 Å². The van der Waals surface area contributed by atoms with Crippen molar-refractivity contribution in [2.75, 3.05) is 0 Å². The molecule has 2 aromatic heterocycles. The molecule has 16 heavy (non-hydrogen) atoms. The molecule has 0 spiro atoms. The zero-order chi connectivity index (χ0) is 11.0. The van der Waals surface area contributed by atoms with E-state index in [4.69, 9.17) is 0 Å². The lowest BCUT2D eigenvalue weighted by atomic mass is 10.3. The molecule has 4 heteroatoms. The second kappa shape index (κ2) is 3.57. The first-order valence-electron chi connectivity index (χ1n) is 4.84. The largest absolute Gasteiger partial charge is 0.314 e. The van der Waals surface area contributed by atoms with Crippen molar-refractivity contribution in [3.8, 4) is 5.69 Å². The highest BCUT2D eigenvalue weighted by Crippen LogP contribution is 2.22. The fourth-order valence-electron chi connectivity index (χ4n) is 1.72. The molecule has 0 bridgehead atoms. The standard InChI is InChI=1S/C12H8N2OS/c15-7-10-2-1-5-14(10)9-3-4-11-12(6-9)16-8-13-11/h1-8H. The van der Waals surface area contributed by atoms with Crippen LogP contribution in [0.2, 0.25) is 0 Å². The molecule has 0 radical (unpaired) electrons. The Labute approximate surface area is 96.0 Å². The Morgan fingerprint density at radius 3 is 3.12 bits per heavy atom. The van der Waals surface area contributed by atoms with Gasteiger partial charge in [-0.25, -0.2) is 4.98 Å². The topological polar surface area (TPSA) is 34.9 Å². The van der Waals surface area contributed by atoms with Crippen LogP contribution in [0.5, 0.6) is 0 Å². The maximum absolute atomic E-state index is 10.8. The van der Waals surface area contributed by atoms with Crippen LogP contribution < -0.4 is 0 Å². The Bertz CT molecular complexity index is 654. The average molecular weight is 228 g/mol. The summed E-state index contributed by atoms with van der Waals surface area (Å²) in [5, 5.41) is 0. The molecule has 0 saturated carbocycles. The zero-order valence-electron chi connectivity index (χ0n) is 8.33. The molecule has 0 amide bonds. The number of fused-ring (bicyclic) bond motifs is 1. The van der Waals surface area contributed by atoms with Gasteiger partial charge >= 0.3 is 0 Å². The van der Waals surface area contributed by atoms with Crippen LogP contribution in [0.1, 0.15) is 10.5 Å². The number of hydrogen-bond donors (Lipinski definition) is 0. The minimum absolute atomic E-state index is 0.656. The first-order valence-corrected chi connectivity index (χ1v) is 5.72. The second-order valence-electron chi connectivity index (χ2n) is 3.43. The summed E-state index contributed by atoms with van der Waals surface area (Å²) in [7, 11) is 0. The summed E-state index contributed by atoms with van der Waals surface area (Å²) in [5.41, 5.74) is 4.46.